The van der Waals surface area contributed by atoms with E-state index in [1.165, 1.54) is 31.0 Å². The van der Waals surface area contributed by atoms with E-state index in [4.69, 9.17) is 0 Å². The van der Waals surface area contributed by atoms with Gasteiger partial charge >= 0.3 is 0 Å². The Labute approximate surface area is 94.9 Å². The van der Waals surface area contributed by atoms with Gasteiger partial charge in [-0.3, -0.25) is 0 Å². The predicted molar refractivity (Wildman–Crippen MR) is 60.3 cm³/mol. The van der Waals surface area contributed by atoms with Gasteiger partial charge in [0.25, 0.3) is 0 Å². The van der Waals surface area contributed by atoms with Crippen molar-refractivity contribution >= 4 is 0 Å². The summed E-state index contributed by atoms with van der Waals surface area (Å²) in [6.45, 7) is 2.94. The van der Waals surface area contributed by atoms with Crippen molar-refractivity contribution in [2.45, 2.75) is 32.2 Å². The molecule has 1 N–H and O–H groups in total. The van der Waals surface area contributed by atoms with E-state index in [1.54, 1.807) is 0 Å². The fourth-order valence-corrected chi connectivity index (χ4v) is 1.80. The smallest absolute Gasteiger partial charge is 0.129 e. The van der Waals surface area contributed by atoms with Crippen LogP contribution in [0, 0.1) is 17.6 Å². The van der Waals surface area contributed by atoms with Crippen LogP contribution in [-0.4, -0.2) is 12.6 Å². The van der Waals surface area contributed by atoms with Crippen LogP contribution in [0.3, 0.4) is 0 Å². The molecule has 1 fully saturated rings. The SMILES string of the molecule is CC(Cc1c(F)cccc1F)NCC1CC1. The average Bonchev–Trinajstić information content (AvgIpc) is 3.04. The van der Waals surface area contributed by atoms with Crippen LogP contribution in [0.2, 0.25) is 0 Å². The Morgan fingerprint density at radius 2 is 1.94 bits per heavy atom. The highest BCUT2D eigenvalue weighted by Crippen LogP contribution is 2.27. The zero-order valence-corrected chi connectivity index (χ0v) is 9.47. The molecule has 1 aromatic rings. The lowest BCUT2D eigenvalue weighted by molar-refractivity contribution is 0.491. The average molecular weight is 225 g/mol. The molecule has 0 saturated heterocycles. The van der Waals surface area contributed by atoms with Crippen LogP contribution in [0.15, 0.2) is 18.2 Å². The molecule has 1 aromatic carbocycles. The van der Waals surface area contributed by atoms with Gasteiger partial charge in [-0.1, -0.05) is 6.07 Å². The molecule has 1 nitrogen and oxygen atoms in total. The zero-order valence-electron chi connectivity index (χ0n) is 9.47. The Bertz CT molecular complexity index is 341. The third-order valence-electron chi connectivity index (χ3n) is 3.02. The molecule has 88 valence electrons. The summed E-state index contributed by atoms with van der Waals surface area (Å²) < 4.78 is 26.7. The first-order chi connectivity index (χ1) is 7.66. The highest BCUT2D eigenvalue weighted by atomic mass is 19.1. The van der Waals surface area contributed by atoms with Gasteiger partial charge in [-0.25, -0.2) is 8.78 Å². The van der Waals surface area contributed by atoms with Crippen LogP contribution >= 0.6 is 0 Å². The summed E-state index contributed by atoms with van der Waals surface area (Å²) in [7, 11) is 0. The molecule has 1 aliphatic rings. The van der Waals surface area contributed by atoms with E-state index >= 15 is 0 Å². The van der Waals surface area contributed by atoms with E-state index in [0.717, 1.165) is 12.5 Å². The molecule has 0 spiro atoms. The number of hydrogen-bond acceptors (Lipinski definition) is 1. The molecular weight excluding hydrogens is 208 g/mol. The molecule has 0 radical (unpaired) electrons. The maximum atomic E-state index is 13.4. The second-order valence-corrected chi connectivity index (χ2v) is 4.66. The van der Waals surface area contributed by atoms with E-state index in [9.17, 15) is 8.78 Å². The number of benzene rings is 1. The minimum absolute atomic E-state index is 0.118. The molecule has 0 aromatic heterocycles. The fraction of sp³-hybridized carbons (Fsp3) is 0.538. The second kappa shape index (κ2) is 4.91. The monoisotopic (exact) mass is 225 g/mol. The normalized spacial score (nSPS) is 17.4. The van der Waals surface area contributed by atoms with Crippen LogP contribution in [0.5, 0.6) is 0 Å². The molecule has 1 atom stereocenters. The summed E-state index contributed by atoms with van der Waals surface area (Å²) >= 11 is 0. The predicted octanol–water partition coefficient (Wildman–Crippen LogP) is 2.90. The second-order valence-electron chi connectivity index (χ2n) is 4.66. The van der Waals surface area contributed by atoms with Crippen molar-refractivity contribution < 1.29 is 8.78 Å². The van der Waals surface area contributed by atoms with Crippen molar-refractivity contribution in [2.24, 2.45) is 5.92 Å². The van der Waals surface area contributed by atoms with Crippen LogP contribution in [0.1, 0.15) is 25.3 Å². The minimum Gasteiger partial charge on any atom is -0.314 e. The first kappa shape index (κ1) is 11.5. The molecule has 0 heterocycles. The summed E-state index contributed by atoms with van der Waals surface area (Å²) in [5.41, 5.74) is 0.193. The van der Waals surface area contributed by atoms with Gasteiger partial charge in [-0.2, -0.15) is 0 Å². The standard InChI is InChI=1S/C13H17F2N/c1-9(16-8-10-5-6-10)7-11-12(14)3-2-4-13(11)15/h2-4,9-10,16H,5-8H2,1H3. The number of hydrogen-bond donors (Lipinski definition) is 1. The Morgan fingerprint density at radius 3 is 2.50 bits per heavy atom. The van der Waals surface area contributed by atoms with Crippen LogP contribution in [0.4, 0.5) is 8.78 Å². The van der Waals surface area contributed by atoms with Crippen LogP contribution in [0.25, 0.3) is 0 Å². The molecule has 1 unspecified atom stereocenters. The highest BCUT2D eigenvalue weighted by Gasteiger charge is 2.21. The Hall–Kier alpha value is -0.960. The van der Waals surface area contributed by atoms with E-state index in [1.807, 2.05) is 6.92 Å². The fourth-order valence-electron chi connectivity index (χ4n) is 1.80. The Balaban J connectivity index is 1.91. The van der Waals surface area contributed by atoms with Crippen molar-refractivity contribution in [2.75, 3.05) is 6.54 Å². The third-order valence-corrected chi connectivity index (χ3v) is 3.02. The molecule has 0 bridgehead atoms. The summed E-state index contributed by atoms with van der Waals surface area (Å²) in [6, 6.07) is 4.14. The lowest BCUT2D eigenvalue weighted by atomic mass is 10.1. The summed E-state index contributed by atoms with van der Waals surface area (Å²) in [4.78, 5) is 0. The summed E-state index contributed by atoms with van der Waals surface area (Å²) in [6.07, 6.45) is 2.98. The lowest BCUT2D eigenvalue weighted by Gasteiger charge is -2.14. The topological polar surface area (TPSA) is 12.0 Å². The van der Waals surface area contributed by atoms with Gasteiger partial charge in [0.15, 0.2) is 0 Å². The first-order valence-corrected chi connectivity index (χ1v) is 5.83. The van der Waals surface area contributed by atoms with Crippen molar-refractivity contribution in [3.63, 3.8) is 0 Å². The van der Waals surface area contributed by atoms with Crippen LogP contribution < -0.4 is 5.32 Å². The van der Waals surface area contributed by atoms with Gasteiger partial charge in [0.05, 0.1) is 0 Å². The minimum atomic E-state index is -0.444. The number of rotatable bonds is 5. The molecule has 1 saturated carbocycles. The van der Waals surface area contributed by atoms with Crippen molar-refractivity contribution in [1.82, 2.24) is 5.32 Å². The van der Waals surface area contributed by atoms with Gasteiger partial charge in [0.2, 0.25) is 0 Å². The van der Waals surface area contributed by atoms with Gasteiger partial charge < -0.3 is 5.32 Å². The molecular formula is C13H17F2N. The zero-order chi connectivity index (χ0) is 11.5. The highest BCUT2D eigenvalue weighted by molar-refractivity contribution is 5.20. The number of halogens is 2. The van der Waals surface area contributed by atoms with Gasteiger partial charge in [0.1, 0.15) is 11.6 Å². The van der Waals surface area contributed by atoms with E-state index in [2.05, 4.69) is 5.32 Å². The van der Waals surface area contributed by atoms with Crippen molar-refractivity contribution in [3.05, 3.63) is 35.4 Å². The molecule has 16 heavy (non-hydrogen) atoms. The molecule has 3 heteroatoms. The maximum Gasteiger partial charge on any atom is 0.129 e. The molecule has 2 rings (SSSR count). The molecule has 1 aliphatic carbocycles. The quantitative estimate of drug-likeness (QED) is 0.812. The lowest BCUT2D eigenvalue weighted by Crippen LogP contribution is -2.30. The van der Waals surface area contributed by atoms with Crippen molar-refractivity contribution in [1.29, 1.82) is 0 Å². The van der Waals surface area contributed by atoms with E-state index < -0.39 is 11.6 Å². The van der Waals surface area contributed by atoms with Gasteiger partial charge in [-0.05, 0) is 50.8 Å². The number of nitrogens with one attached hydrogen (secondary N) is 1. The largest absolute Gasteiger partial charge is 0.314 e. The third kappa shape index (κ3) is 3.01. The first-order valence-electron chi connectivity index (χ1n) is 5.83. The van der Waals surface area contributed by atoms with Gasteiger partial charge in [-0.15, -0.1) is 0 Å². The Morgan fingerprint density at radius 1 is 1.31 bits per heavy atom. The molecule has 0 amide bonds. The molecule has 0 aliphatic heterocycles. The van der Waals surface area contributed by atoms with Crippen LogP contribution in [-0.2, 0) is 6.42 Å². The maximum absolute atomic E-state index is 13.4. The van der Waals surface area contributed by atoms with E-state index in [0.29, 0.717) is 6.42 Å². The van der Waals surface area contributed by atoms with Crippen molar-refractivity contribution in [3.8, 4) is 0 Å². The van der Waals surface area contributed by atoms with E-state index in [-0.39, 0.29) is 11.6 Å². The van der Waals surface area contributed by atoms with Gasteiger partial charge in [0, 0.05) is 11.6 Å². The summed E-state index contributed by atoms with van der Waals surface area (Å²) in [5.74, 6) is -0.104. The summed E-state index contributed by atoms with van der Waals surface area (Å²) in [5, 5.41) is 3.31. The Kier molecular flexibility index (Phi) is 3.54.